The van der Waals surface area contributed by atoms with E-state index in [1.807, 2.05) is 47.4 Å². The van der Waals surface area contributed by atoms with Crippen LogP contribution in [0.5, 0.6) is 0 Å². The predicted octanol–water partition coefficient (Wildman–Crippen LogP) is 5.17. The lowest BCUT2D eigenvalue weighted by Crippen LogP contribution is -2.48. The van der Waals surface area contributed by atoms with Gasteiger partial charge in [-0.05, 0) is 30.7 Å². The molecule has 1 aliphatic rings. The van der Waals surface area contributed by atoms with Crippen LogP contribution < -0.4 is 0 Å². The number of piperazine rings is 1. The number of carbonyl (C=O) groups excluding carboxylic acids is 1. The summed E-state index contributed by atoms with van der Waals surface area (Å²) in [6.45, 7) is 6.25. The van der Waals surface area contributed by atoms with Crippen LogP contribution in [0.25, 0.3) is 22.2 Å². The Labute approximate surface area is 189 Å². The highest BCUT2D eigenvalue weighted by atomic mass is 16.2. The van der Waals surface area contributed by atoms with Gasteiger partial charge in [-0.15, -0.1) is 0 Å². The highest BCUT2D eigenvalue weighted by Crippen LogP contribution is 2.27. The minimum Gasteiger partial charge on any atom is -0.336 e. The summed E-state index contributed by atoms with van der Waals surface area (Å²) in [4.78, 5) is 22.9. The van der Waals surface area contributed by atoms with Gasteiger partial charge in [0.05, 0.1) is 16.8 Å². The van der Waals surface area contributed by atoms with Gasteiger partial charge in [-0.25, -0.2) is 4.98 Å². The number of benzene rings is 3. The molecule has 1 amide bonds. The summed E-state index contributed by atoms with van der Waals surface area (Å²) in [5.74, 6) is 0.0943. The van der Waals surface area contributed by atoms with Gasteiger partial charge in [-0.2, -0.15) is 0 Å². The molecule has 0 saturated carbocycles. The van der Waals surface area contributed by atoms with Crippen LogP contribution in [0.1, 0.15) is 21.5 Å². The van der Waals surface area contributed by atoms with Crippen molar-refractivity contribution >= 4 is 16.8 Å². The Morgan fingerprint density at radius 1 is 0.844 bits per heavy atom. The van der Waals surface area contributed by atoms with Gasteiger partial charge in [0.2, 0.25) is 0 Å². The first-order valence-electron chi connectivity index (χ1n) is 11.2. The van der Waals surface area contributed by atoms with Crippen molar-refractivity contribution in [1.82, 2.24) is 14.8 Å². The molecule has 0 bridgehead atoms. The third kappa shape index (κ3) is 4.27. The Balaban J connectivity index is 1.40. The average molecular weight is 422 g/mol. The third-order valence-electron chi connectivity index (χ3n) is 6.17. The molecular formula is C28H27N3O. The van der Waals surface area contributed by atoms with Gasteiger partial charge in [0, 0.05) is 43.7 Å². The topological polar surface area (TPSA) is 36.4 Å². The molecule has 1 aliphatic heterocycles. The van der Waals surface area contributed by atoms with E-state index in [-0.39, 0.29) is 5.91 Å². The number of pyridine rings is 1. The van der Waals surface area contributed by atoms with E-state index >= 15 is 0 Å². The minimum atomic E-state index is 0.0943. The van der Waals surface area contributed by atoms with Crippen LogP contribution in [0.4, 0.5) is 0 Å². The molecule has 5 rings (SSSR count). The molecule has 4 nitrogen and oxygen atoms in total. The van der Waals surface area contributed by atoms with Crippen molar-refractivity contribution in [2.24, 2.45) is 0 Å². The second-order valence-electron chi connectivity index (χ2n) is 8.50. The van der Waals surface area contributed by atoms with Gasteiger partial charge in [-0.1, -0.05) is 72.3 Å². The summed E-state index contributed by atoms with van der Waals surface area (Å²) < 4.78 is 0. The first-order chi connectivity index (χ1) is 15.7. The van der Waals surface area contributed by atoms with E-state index in [0.717, 1.165) is 60.4 Å². The predicted molar refractivity (Wildman–Crippen MR) is 130 cm³/mol. The van der Waals surface area contributed by atoms with Crippen molar-refractivity contribution in [1.29, 1.82) is 0 Å². The van der Waals surface area contributed by atoms with Gasteiger partial charge < -0.3 is 4.90 Å². The fourth-order valence-corrected chi connectivity index (χ4v) is 4.43. The molecule has 1 saturated heterocycles. The molecule has 0 spiro atoms. The highest BCUT2D eigenvalue weighted by Gasteiger charge is 2.24. The normalized spacial score (nSPS) is 14.6. The number of carbonyl (C=O) groups is 1. The van der Waals surface area contributed by atoms with E-state index in [4.69, 9.17) is 4.98 Å². The van der Waals surface area contributed by atoms with Gasteiger partial charge in [-0.3, -0.25) is 9.69 Å². The van der Waals surface area contributed by atoms with E-state index in [0.29, 0.717) is 0 Å². The zero-order chi connectivity index (χ0) is 21.9. The standard InChI is InChI=1S/C28H27N3O/c1-21-8-7-11-23(18-21)27-19-25(24-12-5-6-13-26(24)29-27)28(32)31-16-14-30(15-17-31)20-22-9-3-2-4-10-22/h2-13,18-19H,14-17,20H2,1H3. The molecule has 160 valence electrons. The molecule has 0 aliphatic carbocycles. The molecular weight excluding hydrogens is 394 g/mol. The molecule has 1 fully saturated rings. The molecule has 1 aromatic heterocycles. The van der Waals surface area contributed by atoms with Crippen molar-refractivity contribution in [2.75, 3.05) is 26.2 Å². The van der Waals surface area contributed by atoms with E-state index < -0.39 is 0 Å². The summed E-state index contributed by atoms with van der Waals surface area (Å²) in [6.07, 6.45) is 0. The molecule has 0 N–H and O–H groups in total. The largest absolute Gasteiger partial charge is 0.336 e. The van der Waals surface area contributed by atoms with Crippen LogP contribution >= 0.6 is 0 Å². The second-order valence-corrected chi connectivity index (χ2v) is 8.50. The SMILES string of the molecule is Cc1cccc(-c2cc(C(=O)N3CCN(Cc4ccccc4)CC3)c3ccccc3n2)c1. The number of amides is 1. The molecule has 0 radical (unpaired) electrons. The number of para-hydroxylation sites is 1. The zero-order valence-corrected chi connectivity index (χ0v) is 18.4. The summed E-state index contributed by atoms with van der Waals surface area (Å²) in [6, 6.07) is 28.7. The third-order valence-corrected chi connectivity index (χ3v) is 6.17. The summed E-state index contributed by atoms with van der Waals surface area (Å²) in [5, 5.41) is 0.917. The van der Waals surface area contributed by atoms with Crippen molar-refractivity contribution < 1.29 is 4.79 Å². The molecule has 0 unspecified atom stereocenters. The summed E-state index contributed by atoms with van der Waals surface area (Å²) in [7, 11) is 0. The lowest BCUT2D eigenvalue weighted by molar-refractivity contribution is 0.0630. The number of rotatable bonds is 4. The molecule has 4 aromatic rings. The van der Waals surface area contributed by atoms with E-state index in [1.54, 1.807) is 0 Å². The fraction of sp³-hybridized carbons (Fsp3) is 0.214. The first-order valence-corrected chi connectivity index (χ1v) is 11.2. The van der Waals surface area contributed by atoms with Crippen molar-refractivity contribution in [2.45, 2.75) is 13.5 Å². The van der Waals surface area contributed by atoms with Crippen molar-refractivity contribution in [3.63, 3.8) is 0 Å². The van der Waals surface area contributed by atoms with Crippen LogP contribution in [0.3, 0.4) is 0 Å². The van der Waals surface area contributed by atoms with E-state index in [1.165, 1.54) is 11.1 Å². The summed E-state index contributed by atoms with van der Waals surface area (Å²) in [5.41, 5.74) is 5.98. The first kappa shape index (κ1) is 20.4. The quantitative estimate of drug-likeness (QED) is 0.456. The highest BCUT2D eigenvalue weighted by molar-refractivity contribution is 6.07. The van der Waals surface area contributed by atoms with Crippen molar-refractivity contribution in [3.8, 4) is 11.3 Å². The van der Waals surface area contributed by atoms with Gasteiger partial charge in [0.1, 0.15) is 0 Å². The monoisotopic (exact) mass is 421 g/mol. The number of hydrogen-bond acceptors (Lipinski definition) is 3. The number of aromatic nitrogens is 1. The minimum absolute atomic E-state index is 0.0943. The maximum atomic E-state index is 13.6. The van der Waals surface area contributed by atoms with Gasteiger partial charge in [0.15, 0.2) is 0 Å². The van der Waals surface area contributed by atoms with Crippen LogP contribution in [-0.4, -0.2) is 46.9 Å². The van der Waals surface area contributed by atoms with Crippen LogP contribution in [0.15, 0.2) is 84.9 Å². The smallest absolute Gasteiger partial charge is 0.254 e. The lowest BCUT2D eigenvalue weighted by Gasteiger charge is -2.35. The van der Waals surface area contributed by atoms with Crippen LogP contribution in [-0.2, 0) is 6.54 Å². The average Bonchev–Trinajstić information content (AvgIpc) is 2.84. The Bertz CT molecular complexity index is 1240. The number of nitrogens with zero attached hydrogens (tertiary/aromatic N) is 3. The van der Waals surface area contributed by atoms with Crippen LogP contribution in [0, 0.1) is 6.92 Å². The Morgan fingerprint density at radius 2 is 1.59 bits per heavy atom. The van der Waals surface area contributed by atoms with E-state index in [9.17, 15) is 4.79 Å². The molecule has 0 atom stereocenters. The molecule has 32 heavy (non-hydrogen) atoms. The molecule has 4 heteroatoms. The number of aryl methyl sites for hydroxylation is 1. The Hall–Kier alpha value is -3.50. The maximum Gasteiger partial charge on any atom is 0.254 e. The maximum absolute atomic E-state index is 13.6. The lowest BCUT2D eigenvalue weighted by atomic mass is 10.0. The van der Waals surface area contributed by atoms with Crippen LogP contribution in [0.2, 0.25) is 0 Å². The molecule has 2 heterocycles. The van der Waals surface area contributed by atoms with Crippen molar-refractivity contribution in [3.05, 3.63) is 102 Å². The summed E-state index contributed by atoms with van der Waals surface area (Å²) >= 11 is 0. The van der Waals surface area contributed by atoms with Gasteiger partial charge in [0.25, 0.3) is 5.91 Å². The Kier molecular flexibility index (Phi) is 5.70. The molecule has 3 aromatic carbocycles. The van der Waals surface area contributed by atoms with E-state index in [2.05, 4.69) is 54.3 Å². The second kappa shape index (κ2) is 8.93. The van der Waals surface area contributed by atoms with Gasteiger partial charge >= 0.3 is 0 Å². The number of fused-ring (bicyclic) bond motifs is 1. The Morgan fingerprint density at radius 3 is 2.38 bits per heavy atom. The number of hydrogen-bond donors (Lipinski definition) is 0. The zero-order valence-electron chi connectivity index (χ0n) is 18.4. The fourth-order valence-electron chi connectivity index (χ4n) is 4.43.